The Morgan fingerprint density at radius 1 is 1.22 bits per heavy atom. The number of piperidine rings is 1. The van der Waals surface area contributed by atoms with E-state index in [-0.39, 0.29) is 51.5 Å². The summed E-state index contributed by atoms with van der Waals surface area (Å²) in [4.78, 5) is 74.5. The molecule has 5 rings (SSSR count). The summed E-state index contributed by atoms with van der Waals surface area (Å²) in [5.74, 6) is -6.31. The number of quaternary nitrogens is 1. The molecule has 274 valence electrons. The Morgan fingerprint density at radius 3 is 2.55 bits per heavy atom. The van der Waals surface area contributed by atoms with Gasteiger partial charge < -0.3 is 45.6 Å². The van der Waals surface area contributed by atoms with Crippen LogP contribution >= 0.6 is 34.7 Å². The third-order valence-electron chi connectivity index (χ3n) is 9.17. The summed E-state index contributed by atoms with van der Waals surface area (Å²) in [7, 11) is 0. The average Bonchev–Trinajstić information content (AvgIpc) is 3.51. The molecule has 0 saturated carbocycles. The standard InChI is InChI=1S/C32H37ClN6O10S2/c1-32(2,30(47)48)49-37-23(19-15-51-31(34)36-19)21(41)12-18-27(44)38-24(29(45)46)16(14-50-28(18)38)13-39(9-4-3-5-10-39)11-8-35-26(43)17-6-7-20(40)25(42)22(17)33/h6-7,15,18,28H,3-5,8-14H2,1-2H3,(H6-,34,35,36,37,40,41,42,43,45,46,47,48)/t18-,28-/m1/s1. The molecule has 1 aromatic carbocycles. The summed E-state index contributed by atoms with van der Waals surface area (Å²) < 4.78 is 0.458. The molecule has 3 aliphatic heterocycles. The number of aromatic hydroxyl groups is 2. The Balaban J connectivity index is 1.31. The largest absolute Gasteiger partial charge is 0.543 e. The van der Waals surface area contributed by atoms with Crippen molar-refractivity contribution < 1.29 is 53.7 Å². The number of fused-ring (bicyclic) bond motifs is 1. The van der Waals surface area contributed by atoms with Gasteiger partial charge in [-0.1, -0.05) is 16.8 Å². The number of ketones is 1. The number of rotatable bonds is 14. The van der Waals surface area contributed by atoms with Gasteiger partial charge in [-0.25, -0.2) is 9.78 Å². The molecular formula is C32H37ClN6O10S2. The molecule has 2 saturated heterocycles. The number of Topliss-reactive ketones (excluding diaryl/α,β-unsaturated/α-hetero) is 1. The van der Waals surface area contributed by atoms with Gasteiger partial charge in [0.25, 0.3) is 5.91 Å². The van der Waals surface area contributed by atoms with Crippen LogP contribution in [0, 0.1) is 5.92 Å². The number of thiazole rings is 1. The number of carbonyl (C=O) groups is 5. The van der Waals surface area contributed by atoms with E-state index in [1.165, 1.54) is 42.0 Å². The first-order valence-corrected chi connectivity index (χ1v) is 18.3. The van der Waals surface area contributed by atoms with Gasteiger partial charge in [-0.15, -0.1) is 23.1 Å². The molecule has 2 fully saturated rings. The van der Waals surface area contributed by atoms with E-state index in [2.05, 4.69) is 15.5 Å². The monoisotopic (exact) mass is 764 g/mol. The number of aromatic nitrogens is 1. The predicted octanol–water partition coefficient (Wildman–Crippen LogP) is 1.30. The number of phenols is 2. The molecule has 1 aromatic heterocycles. The summed E-state index contributed by atoms with van der Waals surface area (Å²) in [5.41, 5.74) is 3.99. The van der Waals surface area contributed by atoms with E-state index in [4.69, 9.17) is 22.2 Å². The minimum atomic E-state index is -1.77. The number of carboxylic acids is 2. The first-order valence-electron chi connectivity index (χ1n) is 16.0. The Labute approximate surface area is 305 Å². The molecule has 4 heterocycles. The normalized spacial score (nSPS) is 20.3. The van der Waals surface area contributed by atoms with Crippen LogP contribution < -0.4 is 16.2 Å². The van der Waals surface area contributed by atoms with Gasteiger partial charge in [-0.3, -0.25) is 19.3 Å². The minimum Gasteiger partial charge on any atom is -0.543 e. The number of β-lactam (4-membered cyclic amide) rings is 1. The Hall–Kier alpha value is -4.39. The van der Waals surface area contributed by atoms with Crippen molar-refractivity contribution in [2.45, 2.75) is 50.5 Å². The van der Waals surface area contributed by atoms with Crippen LogP contribution in [0.25, 0.3) is 0 Å². The van der Waals surface area contributed by atoms with Gasteiger partial charge in [-0.05, 0) is 45.2 Å². The van der Waals surface area contributed by atoms with E-state index in [0.717, 1.165) is 36.7 Å². The van der Waals surface area contributed by atoms with Crippen LogP contribution in [0.15, 0.2) is 33.9 Å². The molecule has 16 nitrogen and oxygen atoms in total. The Kier molecular flexibility index (Phi) is 11.2. The SMILES string of the molecule is CC(C)(O/N=C(/C(=O)C[C@@H]1C(=O)N2C(C(=O)[O-])=C(C[N+]3(CCNC(=O)c4ccc(O)c(O)c4Cl)CCCCC3)CS[C@H]12)c1csc(N)n1)C(=O)O. The molecule has 3 aliphatic rings. The Morgan fingerprint density at radius 2 is 1.92 bits per heavy atom. The third-order valence-corrected chi connectivity index (χ3v) is 11.6. The summed E-state index contributed by atoms with van der Waals surface area (Å²) >= 11 is 8.42. The highest BCUT2D eigenvalue weighted by atomic mass is 35.5. The number of phenolic OH excluding ortho intramolecular Hbond substituents is 2. The van der Waals surface area contributed by atoms with E-state index < -0.39 is 57.9 Å². The number of anilines is 1. The second kappa shape index (κ2) is 15.1. The number of carboxylic acid groups (broad SMARTS) is 2. The number of nitrogen functional groups attached to an aromatic ring is 1. The van der Waals surface area contributed by atoms with Crippen molar-refractivity contribution in [1.29, 1.82) is 0 Å². The number of halogens is 1. The van der Waals surface area contributed by atoms with Crippen molar-refractivity contribution >= 4 is 75.1 Å². The quantitative estimate of drug-likeness (QED) is 0.0600. The summed E-state index contributed by atoms with van der Waals surface area (Å²) in [6.07, 6.45) is 2.39. The number of amides is 2. The fourth-order valence-electron chi connectivity index (χ4n) is 6.34. The van der Waals surface area contributed by atoms with Gasteiger partial charge in [0.2, 0.25) is 11.5 Å². The number of nitrogens with one attached hydrogen (secondary N) is 1. The second-order valence-corrected chi connectivity index (χ2v) is 15.5. The van der Waals surface area contributed by atoms with Crippen molar-refractivity contribution in [3.05, 3.63) is 45.1 Å². The number of nitrogens with two attached hydrogens (primary N) is 1. The predicted molar refractivity (Wildman–Crippen MR) is 185 cm³/mol. The number of likely N-dealkylation sites (tertiary alicyclic amines) is 1. The highest BCUT2D eigenvalue weighted by Gasteiger charge is 2.53. The fourth-order valence-corrected chi connectivity index (χ4v) is 8.54. The lowest BCUT2D eigenvalue weighted by Crippen LogP contribution is -2.64. The van der Waals surface area contributed by atoms with Crippen LogP contribution in [0.3, 0.4) is 0 Å². The van der Waals surface area contributed by atoms with Crippen LogP contribution in [0.4, 0.5) is 5.13 Å². The molecule has 2 atom stereocenters. The molecule has 2 amide bonds. The molecule has 0 spiro atoms. The maximum atomic E-state index is 13.5. The number of nitrogens with zero attached hydrogens (tertiary/aromatic N) is 4. The second-order valence-electron chi connectivity index (χ2n) is 13.1. The van der Waals surface area contributed by atoms with E-state index in [1.54, 1.807) is 0 Å². The molecular weight excluding hydrogens is 728 g/mol. The third kappa shape index (κ3) is 7.93. The van der Waals surface area contributed by atoms with Crippen LogP contribution in [0.5, 0.6) is 11.5 Å². The number of oxime groups is 1. The highest BCUT2D eigenvalue weighted by Crippen LogP contribution is 2.46. The van der Waals surface area contributed by atoms with E-state index in [9.17, 15) is 44.4 Å². The Bertz CT molecular complexity index is 1820. The van der Waals surface area contributed by atoms with Crippen molar-refractivity contribution in [2.24, 2.45) is 11.1 Å². The van der Waals surface area contributed by atoms with E-state index in [1.807, 2.05) is 0 Å². The molecule has 2 aromatic rings. The van der Waals surface area contributed by atoms with E-state index >= 15 is 0 Å². The minimum absolute atomic E-state index is 0.0103. The van der Waals surface area contributed by atoms with Gasteiger partial charge >= 0.3 is 5.97 Å². The number of benzene rings is 1. The fraction of sp³-hybridized carbons (Fsp3) is 0.469. The molecule has 51 heavy (non-hydrogen) atoms. The van der Waals surface area contributed by atoms with Crippen LogP contribution in [-0.2, 0) is 24.0 Å². The zero-order valence-corrected chi connectivity index (χ0v) is 30.1. The average molecular weight is 765 g/mol. The molecule has 6 N–H and O–H groups in total. The van der Waals surface area contributed by atoms with Crippen LogP contribution in [0.2, 0.25) is 5.02 Å². The highest BCUT2D eigenvalue weighted by molar-refractivity contribution is 8.00. The lowest BCUT2D eigenvalue weighted by atomic mass is 9.89. The lowest BCUT2D eigenvalue weighted by molar-refractivity contribution is -0.927. The maximum absolute atomic E-state index is 13.5. The maximum Gasteiger partial charge on any atom is 0.350 e. The first kappa shape index (κ1) is 37.9. The van der Waals surface area contributed by atoms with Gasteiger partial charge in [0.15, 0.2) is 28.1 Å². The lowest BCUT2D eigenvalue weighted by Gasteiger charge is -2.52. The van der Waals surface area contributed by atoms with Crippen molar-refractivity contribution in [3.63, 3.8) is 0 Å². The first-order chi connectivity index (χ1) is 24.0. The topological polar surface area (TPSA) is 245 Å². The van der Waals surface area contributed by atoms with Crippen molar-refractivity contribution in [1.82, 2.24) is 15.2 Å². The molecule has 0 unspecified atom stereocenters. The van der Waals surface area contributed by atoms with Gasteiger partial charge in [-0.2, -0.15) is 0 Å². The molecule has 0 aliphatic carbocycles. The van der Waals surface area contributed by atoms with Crippen molar-refractivity contribution in [3.8, 4) is 11.5 Å². The zero-order valence-electron chi connectivity index (χ0n) is 27.7. The van der Waals surface area contributed by atoms with Crippen LogP contribution in [0.1, 0.15) is 55.6 Å². The number of carbonyl (C=O) groups excluding carboxylic acids is 4. The number of aliphatic carboxylic acids is 2. The van der Waals surface area contributed by atoms with E-state index in [0.29, 0.717) is 36.2 Å². The number of hydrogen-bond donors (Lipinski definition) is 5. The van der Waals surface area contributed by atoms with Crippen LogP contribution in [-0.4, -0.2) is 114 Å². The summed E-state index contributed by atoms with van der Waals surface area (Å²) in [5, 5.41) is 48.8. The number of thioether (sulfide) groups is 1. The molecule has 19 heteroatoms. The smallest absolute Gasteiger partial charge is 0.350 e. The van der Waals surface area contributed by atoms with Crippen molar-refractivity contribution in [2.75, 3.05) is 44.2 Å². The molecule has 0 radical (unpaired) electrons. The summed E-state index contributed by atoms with van der Waals surface area (Å²) in [6, 6.07) is 2.46. The number of hydrogen-bond acceptors (Lipinski definition) is 14. The van der Waals surface area contributed by atoms with Gasteiger partial charge in [0, 0.05) is 23.1 Å². The van der Waals surface area contributed by atoms with Gasteiger partial charge in [0.05, 0.1) is 59.7 Å². The molecule has 0 bridgehead atoms. The summed E-state index contributed by atoms with van der Waals surface area (Å²) in [6.45, 7) is 4.87. The van der Waals surface area contributed by atoms with Gasteiger partial charge in [0.1, 0.15) is 12.2 Å². The zero-order chi connectivity index (χ0) is 37.2.